The van der Waals surface area contributed by atoms with E-state index in [-0.39, 0.29) is 0 Å². The molecule has 108 valence electrons. The zero-order valence-electron chi connectivity index (χ0n) is 12.2. The lowest BCUT2D eigenvalue weighted by Gasteiger charge is -2.13. The fourth-order valence-corrected chi connectivity index (χ4v) is 2.13. The van der Waals surface area contributed by atoms with Crippen molar-refractivity contribution in [3.8, 4) is 11.5 Å². The van der Waals surface area contributed by atoms with Gasteiger partial charge in [0, 0.05) is 12.7 Å². The molecule has 0 bridgehead atoms. The minimum Gasteiger partial charge on any atom is -0.493 e. The molecule has 0 fully saturated rings. The van der Waals surface area contributed by atoms with Crippen molar-refractivity contribution >= 4 is 0 Å². The van der Waals surface area contributed by atoms with Crippen molar-refractivity contribution in [1.29, 1.82) is 0 Å². The van der Waals surface area contributed by atoms with Gasteiger partial charge in [0.2, 0.25) is 0 Å². The van der Waals surface area contributed by atoms with Crippen LogP contribution in [-0.2, 0) is 13.1 Å². The van der Waals surface area contributed by atoms with Crippen LogP contribution in [0.4, 0.5) is 0 Å². The Labute approximate surface area is 119 Å². The zero-order chi connectivity index (χ0) is 14.4. The average molecular weight is 275 g/mol. The molecule has 0 atom stereocenters. The Bertz CT molecular complexity index is 552. The van der Waals surface area contributed by atoms with E-state index in [0.717, 1.165) is 36.1 Å². The van der Waals surface area contributed by atoms with E-state index < -0.39 is 0 Å². The lowest BCUT2D eigenvalue weighted by atomic mass is 10.3. The third-order valence-electron chi connectivity index (χ3n) is 3.14. The molecule has 20 heavy (non-hydrogen) atoms. The molecule has 1 aromatic heterocycles. The first kappa shape index (κ1) is 14.4. The lowest BCUT2D eigenvalue weighted by Crippen LogP contribution is -2.16. The molecule has 0 aliphatic rings. The number of rotatable bonds is 7. The molecule has 1 aromatic carbocycles. The van der Waals surface area contributed by atoms with Crippen LogP contribution in [0.15, 0.2) is 30.5 Å². The van der Waals surface area contributed by atoms with Gasteiger partial charge in [-0.15, -0.1) is 0 Å². The summed E-state index contributed by atoms with van der Waals surface area (Å²) >= 11 is 0. The van der Waals surface area contributed by atoms with Crippen molar-refractivity contribution in [3.63, 3.8) is 0 Å². The summed E-state index contributed by atoms with van der Waals surface area (Å²) in [4.78, 5) is 4.34. The van der Waals surface area contributed by atoms with E-state index in [0.29, 0.717) is 6.61 Å². The van der Waals surface area contributed by atoms with Crippen LogP contribution in [0, 0.1) is 6.92 Å². The van der Waals surface area contributed by atoms with Gasteiger partial charge in [-0.2, -0.15) is 0 Å². The second kappa shape index (κ2) is 6.96. The van der Waals surface area contributed by atoms with Crippen molar-refractivity contribution in [3.05, 3.63) is 42.0 Å². The number of methoxy groups -OCH3 is 1. The predicted octanol–water partition coefficient (Wildman–Crippen LogP) is 2.00. The van der Waals surface area contributed by atoms with Gasteiger partial charge >= 0.3 is 0 Å². The second-order valence-corrected chi connectivity index (χ2v) is 4.48. The van der Waals surface area contributed by atoms with Gasteiger partial charge in [0.1, 0.15) is 12.4 Å². The number of benzene rings is 1. The van der Waals surface area contributed by atoms with Crippen molar-refractivity contribution in [1.82, 2.24) is 14.9 Å². The molecule has 5 nitrogen and oxygen atoms in total. The van der Waals surface area contributed by atoms with Crippen molar-refractivity contribution in [2.24, 2.45) is 0 Å². The first-order chi connectivity index (χ1) is 9.76. The highest BCUT2D eigenvalue weighted by atomic mass is 16.5. The average Bonchev–Trinajstić information content (AvgIpc) is 2.81. The molecular weight excluding hydrogens is 254 g/mol. The molecule has 0 saturated heterocycles. The SMILES string of the molecule is CNCc1cnc(C)n1CCOc1ccccc1OC. The predicted molar refractivity (Wildman–Crippen MR) is 78.2 cm³/mol. The third-order valence-corrected chi connectivity index (χ3v) is 3.14. The largest absolute Gasteiger partial charge is 0.493 e. The van der Waals surface area contributed by atoms with E-state index in [1.165, 1.54) is 0 Å². The van der Waals surface area contributed by atoms with E-state index in [4.69, 9.17) is 9.47 Å². The molecule has 1 heterocycles. The molecule has 0 spiro atoms. The molecule has 0 aliphatic heterocycles. The molecule has 0 aliphatic carbocycles. The molecule has 2 rings (SSSR count). The van der Waals surface area contributed by atoms with Crippen molar-refractivity contribution in [2.75, 3.05) is 20.8 Å². The number of aromatic nitrogens is 2. The van der Waals surface area contributed by atoms with Crippen LogP contribution < -0.4 is 14.8 Å². The monoisotopic (exact) mass is 275 g/mol. The number of nitrogens with zero attached hydrogens (tertiary/aromatic N) is 2. The van der Waals surface area contributed by atoms with Crippen LogP contribution >= 0.6 is 0 Å². The molecule has 5 heteroatoms. The van der Waals surface area contributed by atoms with Gasteiger partial charge < -0.3 is 19.4 Å². The fourth-order valence-electron chi connectivity index (χ4n) is 2.13. The van der Waals surface area contributed by atoms with Gasteiger partial charge in [0.05, 0.1) is 19.3 Å². The summed E-state index contributed by atoms with van der Waals surface area (Å²) in [6, 6.07) is 7.67. The van der Waals surface area contributed by atoms with Gasteiger partial charge in [0.15, 0.2) is 11.5 Å². The van der Waals surface area contributed by atoms with E-state index in [1.807, 2.05) is 44.4 Å². The summed E-state index contributed by atoms with van der Waals surface area (Å²) in [5, 5.41) is 3.14. The van der Waals surface area contributed by atoms with E-state index in [9.17, 15) is 0 Å². The number of aryl methyl sites for hydroxylation is 1. The van der Waals surface area contributed by atoms with Crippen LogP contribution in [0.2, 0.25) is 0 Å². The molecule has 0 unspecified atom stereocenters. The summed E-state index contributed by atoms with van der Waals surface area (Å²) in [5.41, 5.74) is 1.16. The first-order valence-corrected chi connectivity index (χ1v) is 6.67. The Morgan fingerprint density at radius 1 is 1.25 bits per heavy atom. The topological polar surface area (TPSA) is 48.3 Å². The van der Waals surface area contributed by atoms with Crippen LogP contribution in [0.3, 0.4) is 0 Å². The van der Waals surface area contributed by atoms with Crippen LogP contribution in [-0.4, -0.2) is 30.3 Å². The second-order valence-electron chi connectivity index (χ2n) is 4.48. The highest BCUT2D eigenvalue weighted by Gasteiger charge is 2.07. The maximum Gasteiger partial charge on any atom is 0.161 e. The Morgan fingerprint density at radius 2 is 2.00 bits per heavy atom. The quantitative estimate of drug-likeness (QED) is 0.839. The van der Waals surface area contributed by atoms with Gasteiger partial charge in [-0.1, -0.05) is 12.1 Å². The summed E-state index contributed by atoms with van der Waals surface area (Å²) in [7, 11) is 3.57. The Hall–Kier alpha value is -2.01. The number of nitrogens with one attached hydrogen (secondary N) is 1. The minimum absolute atomic E-state index is 0.578. The van der Waals surface area contributed by atoms with Crippen LogP contribution in [0.25, 0.3) is 0 Å². The number of hydrogen-bond acceptors (Lipinski definition) is 4. The molecule has 0 radical (unpaired) electrons. The highest BCUT2D eigenvalue weighted by Crippen LogP contribution is 2.25. The summed E-state index contributed by atoms with van der Waals surface area (Å²) in [5.74, 6) is 2.52. The third kappa shape index (κ3) is 3.30. The normalized spacial score (nSPS) is 10.6. The van der Waals surface area contributed by atoms with Gasteiger partial charge in [0.25, 0.3) is 0 Å². The summed E-state index contributed by atoms with van der Waals surface area (Å²) < 4.78 is 13.2. The smallest absolute Gasteiger partial charge is 0.161 e. The van der Waals surface area contributed by atoms with E-state index >= 15 is 0 Å². The maximum absolute atomic E-state index is 5.80. The Morgan fingerprint density at radius 3 is 2.70 bits per heavy atom. The first-order valence-electron chi connectivity index (χ1n) is 6.67. The molecule has 1 N–H and O–H groups in total. The number of para-hydroxylation sites is 2. The molecular formula is C15H21N3O2. The lowest BCUT2D eigenvalue weighted by molar-refractivity contribution is 0.277. The highest BCUT2D eigenvalue weighted by molar-refractivity contribution is 5.39. The minimum atomic E-state index is 0.578. The Balaban J connectivity index is 1.97. The molecule has 2 aromatic rings. The van der Waals surface area contributed by atoms with Crippen molar-refractivity contribution < 1.29 is 9.47 Å². The van der Waals surface area contributed by atoms with Gasteiger partial charge in [-0.05, 0) is 26.1 Å². The number of imidazole rings is 1. The number of ether oxygens (including phenoxy) is 2. The molecule has 0 amide bonds. The molecule has 0 saturated carbocycles. The van der Waals surface area contributed by atoms with Gasteiger partial charge in [-0.3, -0.25) is 0 Å². The van der Waals surface area contributed by atoms with Crippen molar-refractivity contribution in [2.45, 2.75) is 20.0 Å². The van der Waals surface area contributed by atoms with E-state index in [2.05, 4.69) is 14.9 Å². The van der Waals surface area contributed by atoms with Crippen LogP contribution in [0.5, 0.6) is 11.5 Å². The maximum atomic E-state index is 5.80. The van der Waals surface area contributed by atoms with Gasteiger partial charge in [-0.25, -0.2) is 4.98 Å². The summed E-state index contributed by atoms with van der Waals surface area (Å²) in [6.45, 7) is 4.15. The standard InChI is InChI=1S/C15H21N3O2/c1-12-17-11-13(10-16-2)18(12)8-9-20-15-7-5-4-6-14(15)19-3/h4-7,11,16H,8-10H2,1-3H3. The number of hydrogen-bond donors (Lipinski definition) is 1. The van der Waals surface area contributed by atoms with Crippen LogP contribution in [0.1, 0.15) is 11.5 Å². The fraction of sp³-hybridized carbons (Fsp3) is 0.400. The summed E-state index contributed by atoms with van der Waals surface area (Å²) in [6.07, 6.45) is 1.90. The zero-order valence-corrected chi connectivity index (χ0v) is 12.2. The Kier molecular flexibility index (Phi) is 5.01. The van der Waals surface area contributed by atoms with E-state index in [1.54, 1.807) is 7.11 Å².